The molecule has 0 aromatic rings. The lowest BCUT2D eigenvalue weighted by Crippen LogP contribution is -2.45. The van der Waals surface area contributed by atoms with Gasteiger partial charge in [-0.1, -0.05) is 489 Å². The fraction of sp³-hybridized carbons (Fsp3) is 0.977. The molecule has 3 N–H and O–H groups in total. The molecule has 0 aliphatic rings. The topological polar surface area (TPSA) is 95.9 Å². The van der Waals surface area contributed by atoms with E-state index in [4.69, 9.17) is 4.74 Å². The summed E-state index contributed by atoms with van der Waals surface area (Å²) in [6.07, 6.45) is 107. The fourth-order valence-corrected chi connectivity index (χ4v) is 14.7. The Morgan fingerprint density at radius 3 is 0.649 bits per heavy atom. The van der Waals surface area contributed by atoms with Crippen LogP contribution < -0.4 is 5.32 Å². The number of aliphatic hydroxyl groups excluding tert-OH is 2. The highest BCUT2D eigenvalue weighted by Gasteiger charge is 2.20. The summed E-state index contributed by atoms with van der Waals surface area (Å²) >= 11 is 0. The van der Waals surface area contributed by atoms with Gasteiger partial charge in [-0.3, -0.25) is 9.59 Å². The first kappa shape index (κ1) is 92.9. The molecule has 0 spiro atoms. The number of esters is 1. The van der Waals surface area contributed by atoms with E-state index in [0.29, 0.717) is 25.9 Å². The summed E-state index contributed by atoms with van der Waals surface area (Å²) < 4.78 is 5.53. The minimum atomic E-state index is -0.660. The summed E-state index contributed by atoms with van der Waals surface area (Å²) in [5, 5.41) is 23.5. The molecule has 2 atom stereocenters. The van der Waals surface area contributed by atoms with Crippen LogP contribution in [0.2, 0.25) is 0 Å². The minimum absolute atomic E-state index is 0.0225. The lowest BCUT2D eigenvalue weighted by molar-refractivity contribution is -0.143. The predicted molar refractivity (Wildman–Crippen MR) is 417 cm³/mol. The molecule has 0 heterocycles. The molecular formula is C88H175NO5. The van der Waals surface area contributed by atoms with E-state index in [9.17, 15) is 19.8 Å². The summed E-state index contributed by atoms with van der Waals surface area (Å²) in [5.74, 6) is 0.00764. The lowest BCUT2D eigenvalue weighted by Gasteiger charge is -2.22. The molecule has 0 saturated carbocycles. The Labute approximate surface area is 591 Å². The van der Waals surface area contributed by atoms with Gasteiger partial charge in [0.25, 0.3) is 0 Å². The molecule has 0 aliphatic heterocycles. The third-order valence-electron chi connectivity index (χ3n) is 21.4. The molecule has 0 aliphatic carbocycles. The first-order valence-corrected chi connectivity index (χ1v) is 44.3. The molecule has 6 heteroatoms. The number of aliphatic hydroxyl groups is 2. The Hall–Kier alpha value is -1.14. The molecule has 94 heavy (non-hydrogen) atoms. The van der Waals surface area contributed by atoms with Crippen molar-refractivity contribution in [3.63, 3.8) is 0 Å². The standard InChI is InChI=1S/C88H175NO5/c1-3-5-7-9-11-13-15-17-19-21-23-45-48-52-56-60-64-68-72-76-80-86(91)85(84-90)89-87(92)81-77-73-69-65-61-57-53-49-46-43-41-39-37-35-33-31-29-27-25-24-26-28-30-32-34-36-38-40-42-44-47-51-55-59-63-67-71-75-79-83-94-88(93)82-78-74-70-66-62-58-54-50-22-20-18-16-14-12-10-8-6-4-2/h85-86,90-91H,3-84H2,1-2H3,(H,89,92). The first-order chi connectivity index (χ1) is 46.5. The van der Waals surface area contributed by atoms with Crippen LogP contribution in [-0.2, 0) is 14.3 Å². The molecule has 2 unspecified atom stereocenters. The molecule has 0 saturated heterocycles. The number of hydrogen-bond acceptors (Lipinski definition) is 5. The number of ether oxygens (including phenoxy) is 1. The highest BCUT2D eigenvalue weighted by Crippen LogP contribution is 2.22. The second-order valence-electron chi connectivity index (χ2n) is 30.9. The zero-order valence-corrected chi connectivity index (χ0v) is 64.8. The Kier molecular flexibility index (Phi) is 83.3. The van der Waals surface area contributed by atoms with Crippen LogP contribution in [0, 0.1) is 0 Å². The maximum atomic E-state index is 12.6. The summed E-state index contributed by atoms with van der Waals surface area (Å²) in [7, 11) is 0. The molecule has 0 bridgehead atoms. The van der Waals surface area contributed by atoms with Crippen molar-refractivity contribution in [1.29, 1.82) is 0 Å². The van der Waals surface area contributed by atoms with E-state index in [1.165, 1.54) is 456 Å². The molecule has 0 radical (unpaired) electrons. The smallest absolute Gasteiger partial charge is 0.305 e. The molecule has 6 nitrogen and oxygen atoms in total. The number of nitrogens with one attached hydrogen (secondary N) is 1. The summed E-state index contributed by atoms with van der Waals surface area (Å²) in [5.41, 5.74) is 0. The number of amides is 1. The van der Waals surface area contributed by atoms with Crippen LogP contribution in [0.5, 0.6) is 0 Å². The third kappa shape index (κ3) is 79.8. The van der Waals surface area contributed by atoms with E-state index in [-0.39, 0.29) is 18.5 Å². The van der Waals surface area contributed by atoms with Gasteiger partial charge in [-0.05, 0) is 25.7 Å². The van der Waals surface area contributed by atoms with E-state index >= 15 is 0 Å². The summed E-state index contributed by atoms with van der Waals surface area (Å²) in [6, 6.07) is -0.537. The van der Waals surface area contributed by atoms with Gasteiger partial charge >= 0.3 is 5.97 Å². The third-order valence-corrected chi connectivity index (χ3v) is 21.4. The number of carbonyl (C=O) groups excluding carboxylic acids is 2. The van der Waals surface area contributed by atoms with Crippen molar-refractivity contribution in [2.75, 3.05) is 13.2 Å². The normalized spacial score (nSPS) is 12.3. The van der Waals surface area contributed by atoms with Gasteiger partial charge in [0.2, 0.25) is 5.91 Å². The van der Waals surface area contributed by atoms with Gasteiger partial charge in [-0.2, -0.15) is 0 Å². The molecule has 0 aromatic carbocycles. The van der Waals surface area contributed by atoms with Crippen molar-refractivity contribution in [3.8, 4) is 0 Å². The predicted octanol–water partition coefficient (Wildman–Crippen LogP) is 29.6. The Balaban J connectivity index is 3.28. The second-order valence-corrected chi connectivity index (χ2v) is 30.9. The van der Waals surface area contributed by atoms with Gasteiger partial charge in [-0.25, -0.2) is 0 Å². The van der Waals surface area contributed by atoms with Crippen LogP contribution in [0.4, 0.5) is 0 Å². The van der Waals surface area contributed by atoms with E-state index in [2.05, 4.69) is 19.2 Å². The monoisotopic (exact) mass is 1330 g/mol. The maximum Gasteiger partial charge on any atom is 0.305 e. The molecule has 562 valence electrons. The van der Waals surface area contributed by atoms with Crippen molar-refractivity contribution >= 4 is 11.9 Å². The quantitative estimate of drug-likeness (QED) is 0.0417. The van der Waals surface area contributed by atoms with Crippen LogP contribution in [-0.4, -0.2) is 47.4 Å². The van der Waals surface area contributed by atoms with Crippen LogP contribution in [0.25, 0.3) is 0 Å². The van der Waals surface area contributed by atoms with E-state index < -0.39 is 12.1 Å². The number of hydrogen-bond donors (Lipinski definition) is 3. The van der Waals surface area contributed by atoms with Crippen LogP contribution in [0.15, 0.2) is 0 Å². The van der Waals surface area contributed by atoms with Crippen molar-refractivity contribution < 1.29 is 24.5 Å². The molecule has 1 amide bonds. The van der Waals surface area contributed by atoms with Crippen LogP contribution in [0.3, 0.4) is 0 Å². The van der Waals surface area contributed by atoms with Crippen LogP contribution >= 0.6 is 0 Å². The highest BCUT2D eigenvalue weighted by atomic mass is 16.5. The Bertz CT molecular complexity index is 1390. The van der Waals surface area contributed by atoms with Crippen LogP contribution in [0.1, 0.15) is 528 Å². The molecule has 0 aromatic heterocycles. The van der Waals surface area contributed by atoms with Crippen molar-refractivity contribution in [2.24, 2.45) is 0 Å². The SMILES string of the molecule is CCCCCCCCCCCCCCCCCCCCCCC(O)C(CO)NC(=O)CCCCCCCCCCCCCCCCCCCCCCCCCCCCCCCCCCCCCCCCCOC(=O)CCCCCCCCCCCCCCCCCCCC. The maximum absolute atomic E-state index is 12.6. The lowest BCUT2D eigenvalue weighted by atomic mass is 10.0. The molecular weight excluding hydrogens is 1150 g/mol. The van der Waals surface area contributed by atoms with Gasteiger partial charge in [0.05, 0.1) is 25.4 Å². The highest BCUT2D eigenvalue weighted by molar-refractivity contribution is 5.76. The van der Waals surface area contributed by atoms with E-state index in [1.54, 1.807) is 0 Å². The zero-order valence-electron chi connectivity index (χ0n) is 64.8. The number of carbonyl (C=O) groups is 2. The Morgan fingerprint density at radius 2 is 0.436 bits per heavy atom. The van der Waals surface area contributed by atoms with Gasteiger partial charge in [0, 0.05) is 12.8 Å². The van der Waals surface area contributed by atoms with Crippen molar-refractivity contribution in [3.05, 3.63) is 0 Å². The van der Waals surface area contributed by atoms with Gasteiger partial charge in [0.15, 0.2) is 0 Å². The average molecular weight is 1330 g/mol. The largest absolute Gasteiger partial charge is 0.466 e. The summed E-state index contributed by atoms with van der Waals surface area (Å²) in [4.78, 5) is 24.7. The second kappa shape index (κ2) is 84.3. The minimum Gasteiger partial charge on any atom is -0.466 e. The zero-order chi connectivity index (χ0) is 67.7. The number of rotatable bonds is 85. The summed E-state index contributed by atoms with van der Waals surface area (Å²) in [6.45, 7) is 5.03. The van der Waals surface area contributed by atoms with E-state index in [0.717, 1.165) is 38.5 Å². The molecule has 0 rings (SSSR count). The van der Waals surface area contributed by atoms with Gasteiger partial charge in [-0.15, -0.1) is 0 Å². The molecule has 0 fully saturated rings. The van der Waals surface area contributed by atoms with Gasteiger partial charge in [0.1, 0.15) is 0 Å². The van der Waals surface area contributed by atoms with Crippen molar-refractivity contribution in [1.82, 2.24) is 5.32 Å². The number of unbranched alkanes of at least 4 members (excludes halogenated alkanes) is 74. The fourth-order valence-electron chi connectivity index (χ4n) is 14.7. The van der Waals surface area contributed by atoms with Gasteiger partial charge < -0.3 is 20.3 Å². The van der Waals surface area contributed by atoms with E-state index in [1.807, 2.05) is 0 Å². The Morgan fingerprint density at radius 1 is 0.255 bits per heavy atom. The average Bonchev–Trinajstić information content (AvgIpc) is 3.50. The van der Waals surface area contributed by atoms with Crippen molar-refractivity contribution in [2.45, 2.75) is 540 Å². The first-order valence-electron chi connectivity index (χ1n) is 44.3.